The van der Waals surface area contributed by atoms with Crippen LogP contribution < -0.4 is 0 Å². The van der Waals surface area contributed by atoms with Crippen LogP contribution in [0.2, 0.25) is 0 Å². The SMILES string of the molecule is CC/C=C\C/C=C\C/C=C\CC(=O)OC(COC(=O)CCCC/C=C\C/C=C\CC)COC(=O)CCCCCCC/C=C\CCCCC. The molecule has 0 aromatic carbocycles. The van der Waals surface area contributed by atoms with Gasteiger partial charge in [0, 0.05) is 12.8 Å². The van der Waals surface area contributed by atoms with E-state index in [2.05, 4.69) is 81.5 Å². The maximum Gasteiger partial charge on any atom is 0.310 e. The van der Waals surface area contributed by atoms with Crippen LogP contribution in [0.4, 0.5) is 0 Å². The van der Waals surface area contributed by atoms with E-state index < -0.39 is 12.1 Å². The Kier molecular flexibility index (Phi) is 34.3. The first-order valence-corrected chi connectivity index (χ1v) is 18.9. The van der Waals surface area contributed by atoms with E-state index in [1.165, 1.54) is 32.1 Å². The van der Waals surface area contributed by atoms with Crippen molar-refractivity contribution < 1.29 is 28.6 Å². The standard InChI is InChI=1S/C42H68O6/c1-4-7-10-13-16-19-20-21-24-26-29-32-35-41(44)47-38-39(48-42(45)36-33-30-27-23-18-15-12-9-6-3)37-46-40(43)34-31-28-25-22-17-14-11-8-5-2/h8-9,11-12,16-19,22-23,30,33,39H,4-7,10,13-15,20-21,24-29,31-32,34-38H2,1-3H3/b11-8-,12-9-,19-16-,22-17-,23-18-,33-30-. The van der Waals surface area contributed by atoms with Gasteiger partial charge in [0.15, 0.2) is 6.10 Å². The Morgan fingerprint density at radius 3 is 1.44 bits per heavy atom. The molecule has 0 rings (SSSR count). The lowest BCUT2D eigenvalue weighted by Crippen LogP contribution is -2.30. The number of carbonyl (C=O) groups is 3. The molecule has 0 aromatic heterocycles. The van der Waals surface area contributed by atoms with Crippen molar-refractivity contribution in [3.63, 3.8) is 0 Å². The smallest absolute Gasteiger partial charge is 0.310 e. The van der Waals surface area contributed by atoms with Crippen LogP contribution in [-0.2, 0) is 28.6 Å². The molecule has 0 aromatic rings. The van der Waals surface area contributed by atoms with Crippen molar-refractivity contribution in [3.05, 3.63) is 72.9 Å². The van der Waals surface area contributed by atoms with Gasteiger partial charge in [-0.1, -0.05) is 126 Å². The van der Waals surface area contributed by atoms with E-state index in [1.807, 2.05) is 6.08 Å². The molecule has 0 aliphatic carbocycles. The third-order valence-corrected chi connectivity index (χ3v) is 7.46. The average Bonchev–Trinajstić information content (AvgIpc) is 3.08. The van der Waals surface area contributed by atoms with Crippen molar-refractivity contribution in [1.29, 1.82) is 0 Å². The van der Waals surface area contributed by atoms with Crippen LogP contribution in [0.1, 0.15) is 156 Å². The highest BCUT2D eigenvalue weighted by Crippen LogP contribution is 2.10. The van der Waals surface area contributed by atoms with Gasteiger partial charge in [0.1, 0.15) is 13.2 Å². The molecule has 0 radical (unpaired) electrons. The number of unbranched alkanes of at least 4 members (excludes halogenated alkanes) is 10. The molecule has 1 unspecified atom stereocenters. The Balaban J connectivity index is 4.52. The van der Waals surface area contributed by atoms with E-state index in [4.69, 9.17) is 14.2 Å². The zero-order valence-corrected chi connectivity index (χ0v) is 30.7. The topological polar surface area (TPSA) is 78.9 Å². The fourth-order valence-corrected chi connectivity index (χ4v) is 4.65. The normalized spacial score (nSPS) is 12.8. The van der Waals surface area contributed by atoms with Crippen molar-refractivity contribution >= 4 is 17.9 Å². The molecule has 0 heterocycles. The van der Waals surface area contributed by atoms with Gasteiger partial charge < -0.3 is 14.2 Å². The van der Waals surface area contributed by atoms with Crippen molar-refractivity contribution in [3.8, 4) is 0 Å². The summed E-state index contributed by atoms with van der Waals surface area (Å²) in [5.41, 5.74) is 0. The van der Waals surface area contributed by atoms with Gasteiger partial charge in [-0.05, 0) is 83.5 Å². The van der Waals surface area contributed by atoms with Crippen LogP contribution >= 0.6 is 0 Å². The zero-order chi connectivity index (χ0) is 35.2. The van der Waals surface area contributed by atoms with Crippen LogP contribution in [0.3, 0.4) is 0 Å². The van der Waals surface area contributed by atoms with Crippen LogP contribution in [0, 0.1) is 0 Å². The minimum Gasteiger partial charge on any atom is -0.462 e. The number of carbonyl (C=O) groups excluding carboxylic acids is 3. The fraction of sp³-hybridized carbons (Fsp3) is 0.643. The number of esters is 3. The Morgan fingerprint density at radius 1 is 0.458 bits per heavy atom. The van der Waals surface area contributed by atoms with Gasteiger partial charge in [-0.2, -0.15) is 0 Å². The third kappa shape index (κ3) is 34.2. The van der Waals surface area contributed by atoms with Gasteiger partial charge in [0.2, 0.25) is 0 Å². The molecule has 0 spiro atoms. The molecule has 6 heteroatoms. The molecule has 0 fully saturated rings. The second kappa shape index (κ2) is 36.7. The maximum atomic E-state index is 12.5. The molecule has 0 aliphatic heterocycles. The highest BCUT2D eigenvalue weighted by molar-refractivity contribution is 5.72. The molecule has 0 saturated carbocycles. The highest BCUT2D eigenvalue weighted by Gasteiger charge is 2.19. The monoisotopic (exact) mass is 669 g/mol. The summed E-state index contributed by atoms with van der Waals surface area (Å²) in [6.45, 7) is 6.19. The number of allylic oxidation sites excluding steroid dienone is 11. The van der Waals surface area contributed by atoms with Crippen molar-refractivity contribution in [2.24, 2.45) is 0 Å². The van der Waals surface area contributed by atoms with Gasteiger partial charge in [-0.15, -0.1) is 0 Å². The van der Waals surface area contributed by atoms with Gasteiger partial charge >= 0.3 is 17.9 Å². The molecule has 6 nitrogen and oxygen atoms in total. The Morgan fingerprint density at radius 2 is 0.875 bits per heavy atom. The first kappa shape index (κ1) is 44.9. The molecule has 0 bridgehead atoms. The van der Waals surface area contributed by atoms with E-state index >= 15 is 0 Å². The third-order valence-electron chi connectivity index (χ3n) is 7.46. The molecule has 48 heavy (non-hydrogen) atoms. The van der Waals surface area contributed by atoms with E-state index in [0.717, 1.165) is 83.5 Å². The van der Waals surface area contributed by atoms with Crippen molar-refractivity contribution in [2.45, 2.75) is 162 Å². The lowest BCUT2D eigenvalue weighted by atomic mass is 10.1. The largest absolute Gasteiger partial charge is 0.462 e. The summed E-state index contributed by atoms with van der Waals surface area (Å²) in [7, 11) is 0. The minimum absolute atomic E-state index is 0.0956. The van der Waals surface area contributed by atoms with Crippen LogP contribution in [0.25, 0.3) is 0 Å². The van der Waals surface area contributed by atoms with Gasteiger partial charge in [0.25, 0.3) is 0 Å². The molecule has 0 N–H and O–H groups in total. The maximum absolute atomic E-state index is 12.5. The second-order valence-corrected chi connectivity index (χ2v) is 12.1. The average molecular weight is 669 g/mol. The highest BCUT2D eigenvalue weighted by atomic mass is 16.6. The van der Waals surface area contributed by atoms with Crippen molar-refractivity contribution in [1.82, 2.24) is 0 Å². The first-order valence-electron chi connectivity index (χ1n) is 18.9. The minimum atomic E-state index is -0.835. The number of ether oxygens (including phenoxy) is 3. The van der Waals surface area contributed by atoms with Gasteiger partial charge in [-0.25, -0.2) is 0 Å². The zero-order valence-electron chi connectivity index (χ0n) is 30.7. The van der Waals surface area contributed by atoms with E-state index in [9.17, 15) is 14.4 Å². The summed E-state index contributed by atoms with van der Waals surface area (Å²) < 4.78 is 16.4. The molecular weight excluding hydrogens is 600 g/mol. The molecule has 1 atom stereocenters. The Hall–Kier alpha value is -3.15. The predicted octanol–water partition coefficient (Wildman–Crippen LogP) is 11.6. The van der Waals surface area contributed by atoms with E-state index in [0.29, 0.717) is 12.8 Å². The fourth-order valence-electron chi connectivity index (χ4n) is 4.65. The number of hydrogen-bond donors (Lipinski definition) is 0. The summed E-state index contributed by atoms with van der Waals surface area (Å²) in [5.74, 6) is -1.12. The lowest BCUT2D eigenvalue weighted by molar-refractivity contribution is -0.166. The van der Waals surface area contributed by atoms with Gasteiger partial charge in [-0.3, -0.25) is 14.4 Å². The van der Waals surface area contributed by atoms with Crippen LogP contribution in [0.15, 0.2) is 72.9 Å². The van der Waals surface area contributed by atoms with Gasteiger partial charge in [0.05, 0.1) is 6.42 Å². The Bertz CT molecular complexity index is 955. The van der Waals surface area contributed by atoms with Crippen LogP contribution in [-0.4, -0.2) is 37.2 Å². The molecule has 272 valence electrons. The summed E-state index contributed by atoms with van der Waals surface area (Å²) >= 11 is 0. The predicted molar refractivity (Wildman–Crippen MR) is 201 cm³/mol. The number of hydrogen-bond acceptors (Lipinski definition) is 6. The van der Waals surface area contributed by atoms with E-state index in [-0.39, 0.29) is 31.6 Å². The summed E-state index contributed by atoms with van der Waals surface area (Å²) in [4.78, 5) is 37.3. The first-order chi connectivity index (χ1) is 23.5. The second-order valence-electron chi connectivity index (χ2n) is 12.1. The van der Waals surface area contributed by atoms with Crippen molar-refractivity contribution in [2.75, 3.05) is 13.2 Å². The molecule has 0 amide bonds. The van der Waals surface area contributed by atoms with E-state index in [1.54, 1.807) is 6.08 Å². The number of rotatable bonds is 32. The summed E-state index contributed by atoms with van der Waals surface area (Å²) in [6, 6.07) is 0. The molecule has 0 saturated heterocycles. The van der Waals surface area contributed by atoms with Crippen LogP contribution in [0.5, 0.6) is 0 Å². The quantitative estimate of drug-likeness (QED) is 0.0307. The Labute approximate surface area is 293 Å². The molecular formula is C42H68O6. The summed E-state index contributed by atoms with van der Waals surface area (Å²) in [6.07, 6.45) is 43.6. The molecule has 0 aliphatic rings. The lowest BCUT2D eigenvalue weighted by Gasteiger charge is -2.18. The summed E-state index contributed by atoms with van der Waals surface area (Å²) in [5, 5.41) is 0.